The van der Waals surface area contributed by atoms with Crippen LogP contribution >= 0.6 is 27.5 Å². The lowest BCUT2D eigenvalue weighted by Gasteiger charge is -2.08. The van der Waals surface area contributed by atoms with Gasteiger partial charge >= 0.3 is 0 Å². The van der Waals surface area contributed by atoms with Gasteiger partial charge in [0, 0.05) is 21.7 Å². The molecular weight excluding hydrogens is 326 g/mol. The topological polar surface area (TPSA) is 21.3 Å². The molecule has 2 aromatic carbocycles. The van der Waals surface area contributed by atoms with E-state index in [1.807, 2.05) is 48.5 Å². The smallest absolute Gasteiger partial charge is 0.0732 e. The van der Waals surface area contributed by atoms with Crippen molar-refractivity contribution in [1.29, 1.82) is 0 Å². The Morgan fingerprint density at radius 3 is 2.53 bits per heavy atom. The molecule has 0 aliphatic carbocycles. The zero-order valence-electron chi connectivity index (χ0n) is 10.4. The van der Waals surface area contributed by atoms with Crippen molar-refractivity contribution in [2.75, 3.05) is 18.5 Å². The van der Waals surface area contributed by atoms with Gasteiger partial charge in [0.2, 0.25) is 0 Å². The molecule has 19 heavy (non-hydrogen) atoms. The molecule has 0 amide bonds. The summed E-state index contributed by atoms with van der Waals surface area (Å²) in [7, 11) is 0. The summed E-state index contributed by atoms with van der Waals surface area (Å²) in [6.45, 7) is 1.95. The molecule has 0 heterocycles. The summed E-state index contributed by atoms with van der Waals surface area (Å²) >= 11 is 9.45. The second-order valence-corrected chi connectivity index (χ2v) is 5.40. The molecule has 0 saturated carbocycles. The lowest BCUT2D eigenvalue weighted by molar-refractivity contribution is 0.130. The Morgan fingerprint density at radius 2 is 1.79 bits per heavy atom. The van der Waals surface area contributed by atoms with Crippen LogP contribution in [0.5, 0.6) is 0 Å². The Balaban J connectivity index is 1.67. The van der Waals surface area contributed by atoms with E-state index in [-0.39, 0.29) is 0 Å². The average molecular weight is 341 g/mol. The second-order valence-electron chi connectivity index (χ2n) is 4.08. The van der Waals surface area contributed by atoms with Crippen LogP contribution in [0.25, 0.3) is 0 Å². The first kappa shape index (κ1) is 14.4. The summed E-state index contributed by atoms with van der Waals surface area (Å²) in [5.74, 6) is 0. The Labute approximate surface area is 126 Å². The van der Waals surface area contributed by atoms with Crippen LogP contribution in [0.15, 0.2) is 53.0 Å². The van der Waals surface area contributed by atoms with E-state index in [4.69, 9.17) is 16.3 Å². The molecule has 4 heteroatoms. The van der Waals surface area contributed by atoms with Crippen molar-refractivity contribution >= 4 is 33.2 Å². The van der Waals surface area contributed by atoms with E-state index < -0.39 is 0 Å². The van der Waals surface area contributed by atoms with Crippen LogP contribution in [-0.4, -0.2) is 13.2 Å². The Bertz CT molecular complexity index is 516. The zero-order valence-corrected chi connectivity index (χ0v) is 12.7. The normalized spacial score (nSPS) is 10.4. The third-order valence-electron chi connectivity index (χ3n) is 2.64. The molecule has 0 fully saturated rings. The molecule has 0 bridgehead atoms. The molecule has 0 atom stereocenters. The van der Waals surface area contributed by atoms with Gasteiger partial charge in [0.1, 0.15) is 0 Å². The molecule has 1 N–H and O–H groups in total. The van der Waals surface area contributed by atoms with Crippen LogP contribution in [0, 0.1) is 0 Å². The average Bonchev–Trinajstić information content (AvgIpc) is 2.42. The minimum Gasteiger partial charge on any atom is -0.383 e. The molecule has 0 aliphatic heterocycles. The number of anilines is 1. The minimum absolute atomic E-state index is 0.543. The summed E-state index contributed by atoms with van der Waals surface area (Å²) < 4.78 is 6.67. The Morgan fingerprint density at radius 1 is 1.05 bits per heavy atom. The summed E-state index contributed by atoms with van der Waals surface area (Å²) in [5.41, 5.74) is 2.11. The SMILES string of the molecule is Clc1ccccc1COCCNc1ccc(Br)cc1. The first-order chi connectivity index (χ1) is 9.25. The third-order valence-corrected chi connectivity index (χ3v) is 3.53. The van der Waals surface area contributed by atoms with Gasteiger partial charge in [0.05, 0.1) is 13.2 Å². The molecule has 0 saturated heterocycles. The van der Waals surface area contributed by atoms with Crippen LogP contribution in [0.4, 0.5) is 5.69 Å². The van der Waals surface area contributed by atoms with Crippen molar-refractivity contribution in [3.63, 3.8) is 0 Å². The first-order valence-electron chi connectivity index (χ1n) is 6.06. The molecule has 0 aromatic heterocycles. The number of ether oxygens (including phenoxy) is 1. The van der Waals surface area contributed by atoms with Crippen LogP contribution in [-0.2, 0) is 11.3 Å². The number of hydrogen-bond donors (Lipinski definition) is 1. The highest BCUT2D eigenvalue weighted by molar-refractivity contribution is 9.10. The van der Waals surface area contributed by atoms with Gasteiger partial charge in [-0.25, -0.2) is 0 Å². The summed E-state index contributed by atoms with van der Waals surface area (Å²) in [4.78, 5) is 0. The van der Waals surface area contributed by atoms with Gasteiger partial charge in [0.25, 0.3) is 0 Å². The third kappa shape index (κ3) is 4.86. The maximum atomic E-state index is 6.05. The van der Waals surface area contributed by atoms with E-state index in [1.165, 1.54) is 0 Å². The number of halogens is 2. The van der Waals surface area contributed by atoms with Crippen LogP contribution in [0.3, 0.4) is 0 Å². The lowest BCUT2D eigenvalue weighted by Crippen LogP contribution is -2.09. The van der Waals surface area contributed by atoms with Gasteiger partial charge in [-0.15, -0.1) is 0 Å². The van der Waals surface area contributed by atoms with Crippen molar-refractivity contribution in [1.82, 2.24) is 0 Å². The maximum Gasteiger partial charge on any atom is 0.0732 e. The van der Waals surface area contributed by atoms with Crippen molar-refractivity contribution in [2.45, 2.75) is 6.61 Å². The largest absolute Gasteiger partial charge is 0.383 e. The van der Waals surface area contributed by atoms with E-state index in [9.17, 15) is 0 Å². The van der Waals surface area contributed by atoms with Crippen LogP contribution in [0.2, 0.25) is 5.02 Å². The summed E-state index contributed by atoms with van der Waals surface area (Å²) in [6.07, 6.45) is 0. The van der Waals surface area contributed by atoms with E-state index in [1.54, 1.807) is 0 Å². The molecule has 100 valence electrons. The number of nitrogens with one attached hydrogen (secondary N) is 1. The molecule has 2 nitrogen and oxygen atoms in total. The Hall–Kier alpha value is -1.03. The number of rotatable bonds is 6. The predicted octanol–water partition coefficient (Wildman–Crippen LogP) is 4.73. The van der Waals surface area contributed by atoms with E-state index in [0.717, 1.165) is 27.3 Å². The van der Waals surface area contributed by atoms with Gasteiger partial charge in [-0.1, -0.05) is 45.7 Å². The van der Waals surface area contributed by atoms with Crippen molar-refractivity contribution in [3.8, 4) is 0 Å². The number of benzene rings is 2. The second kappa shape index (κ2) is 7.53. The quantitative estimate of drug-likeness (QED) is 0.768. The zero-order chi connectivity index (χ0) is 13.5. The molecule has 0 radical (unpaired) electrons. The highest BCUT2D eigenvalue weighted by atomic mass is 79.9. The van der Waals surface area contributed by atoms with Crippen molar-refractivity contribution < 1.29 is 4.74 Å². The van der Waals surface area contributed by atoms with Gasteiger partial charge in [-0.2, -0.15) is 0 Å². The molecule has 0 unspecified atom stereocenters. The predicted molar refractivity (Wildman–Crippen MR) is 83.7 cm³/mol. The van der Waals surface area contributed by atoms with Gasteiger partial charge in [0.15, 0.2) is 0 Å². The van der Waals surface area contributed by atoms with E-state index in [0.29, 0.717) is 13.2 Å². The standard InChI is InChI=1S/C15H15BrClNO/c16-13-5-7-14(8-6-13)18-9-10-19-11-12-3-1-2-4-15(12)17/h1-8,18H,9-11H2. The lowest BCUT2D eigenvalue weighted by atomic mass is 10.2. The van der Waals surface area contributed by atoms with Crippen molar-refractivity contribution in [2.24, 2.45) is 0 Å². The molecular formula is C15H15BrClNO. The first-order valence-corrected chi connectivity index (χ1v) is 7.23. The molecule has 2 aromatic rings. The van der Waals surface area contributed by atoms with Crippen LogP contribution < -0.4 is 5.32 Å². The maximum absolute atomic E-state index is 6.05. The van der Waals surface area contributed by atoms with E-state index in [2.05, 4.69) is 21.2 Å². The van der Waals surface area contributed by atoms with Gasteiger partial charge < -0.3 is 10.1 Å². The monoisotopic (exact) mass is 339 g/mol. The highest BCUT2D eigenvalue weighted by Gasteiger charge is 1.98. The van der Waals surface area contributed by atoms with E-state index >= 15 is 0 Å². The van der Waals surface area contributed by atoms with Crippen molar-refractivity contribution in [3.05, 3.63) is 63.6 Å². The fourth-order valence-electron chi connectivity index (χ4n) is 1.63. The highest BCUT2D eigenvalue weighted by Crippen LogP contribution is 2.16. The Kier molecular flexibility index (Phi) is 5.70. The summed E-state index contributed by atoms with van der Waals surface area (Å²) in [6, 6.07) is 15.8. The fourth-order valence-corrected chi connectivity index (χ4v) is 2.09. The fraction of sp³-hybridized carbons (Fsp3) is 0.200. The van der Waals surface area contributed by atoms with Gasteiger partial charge in [-0.3, -0.25) is 0 Å². The summed E-state index contributed by atoms with van der Waals surface area (Å²) in [5, 5.41) is 4.05. The van der Waals surface area contributed by atoms with Crippen LogP contribution in [0.1, 0.15) is 5.56 Å². The molecule has 2 rings (SSSR count). The molecule has 0 spiro atoms. The number of hydrogen-bond acceptors (Lipinski definition) is 2. The minimum atomic E-state index is 0.543. The molecule has 0 aliphatic rings. The van der Waals surface area contributed by atoms with Gasteiger partial charge in [-0.05, 0) is 35.9 Å².